The summed E-state index contributed by atoms with van der Waals surface area (Å²) in [4.78, 5) is 14.7. The molecule has 0 fully saturated rings. The average Bonchev–Trinajstić information content (AvgIpc) is 3.34. The van der Waals surface area contributed by atoms with Crippen LogP contribution < -0.4 is 10.2 Å². The molecule has 0 radical (unpaired) electrons. The summed E-state index contributed by atoms with van der Waals surface area (Å²) in [6.45, 7) is 3.13. The van der Waals surface area contributed by atoms with Crippen molar-refractivity contribution in [2.24, 2.45) is 0 Å². The maximum atomic E-state index is 12.4. The van der Waals surface area contributed by atoms with Crippen molar-refractivity contribution in [1.29, 1.82) is 0 Å². The molecule has 4 rings (SSSR count). The zero-order valence-electron chi connectivity index (χ0n) is 14.5. The lowest BCUT2D eigenvalue weighted by atomic mass is 10.1. The molecule has 6 nitrogen and oxygen atoms in total. The van der Waals surface area contributed by atoms with E-state index >= 15 is 0 Å². The van der Waals surface area contributed by atoms with Gasteiger partial charge in [0.2, 0.25) is 0 Å². The first-order valence-electron chi connectivity index (χ1n) is 8.84. The van der Waals surface area contributed by atoms with Gasteiger partial charge >= 0.3 is 0 Å². The predicted octanol–water partition coefficient (Wildman–Crippen LogP) is 2.62. The summed E-state index contributed by atoms with van der Waals surface area (Å²) in [7, 11) is 0. The van der Waals surface area contributed by atoms with Crippen LogP contribution in [0.15, 0.2) is 60.9 Å². The number of rotatable bonds is 6. The van der Waals surface area contributed by atoms with Crippen molar-refractivity contribution < 1.29 is 4.79 Å². The highest BCUT2D eigenvalue weighted by Gasteiger charge is 2.19. The molecule has 2 heterocycles. The Morgan fingerprint density at radius 2 is 1.88 bits per heavy atom. The number of benzene rings is 2. The van der Waals surface area contributed by atoms with Gasteiger partial charge in [0.05, 0.1) is 6.20 Å². The van der Waals surface area contributed by atoms with E-state index in [9.17, 15) is 4.79 Å². The van der Waals surface area contributed by atoms with Crippen molar-refractivity contribution in [3.8, 4) is 0 Å². The molecule has 0 saturated heterocycles. The standard InChI is InChI=1S/C20H21N5O/c26-20(21-9-4-11-25-12-10-22-23-25)16-7-3-8-19(13-16)24-14-17-5-1-2-6-18(17)15-24/h1-3,5-8,10,12-13H,4,9,11,14-15H2,(H,21,26). The molecule has 2 aromatic carbocycles. The van der Waals surface area contributed by atoms with Crippen LogP contribution in [-0.2, 0) is 19.6 Å². The molecule has 0 aliphatic carbocycles. The average molecular weight is 347 g/mol. The summed E-state index contributed by atoms with van der Waals surface area (Å²) in [5.74, 6) is -0.0397. The SMILES string of the molecule is O=C(NCCCn1ccnn1)c1cccc(N2Cc3ccccc3C2)c1. The van der Waals surface area contributed by atoms with Crippen molar-refractivity contribution in [1.82, 2.24) is 20.3 Å². The summed E-state index contributed by atoms with van der Waals surface area (Å²) in [6.07, 6.45) is 4.29. The Bertz CT molecular complexity index is 866. The van der Waals surface area contributed by atoms with Crippen LogP contribution in [0.4, 0.5) is 5.69 Å². The lowest BCUT2D eigenvalue weighted by molar-refractivity contribution is 0.0952. The molecule has 1 aromatic heterocycles. The summed E-state index contributed by atoms with van der Waals surface area (Å²) >= 11 is 0. The maximum Gasteiger partial charge on any atom is 0.251 e. The third-order valence-corrected chi connectivity index (χ3v) is 4.64. The summed E-state index contributed by atoms with van der Waals surface area (Å²) in [6, 6.07) is 16.3. The Kier molecular flexibility index (Phi) is 4.64. The smallest absolute Gasteiger partial charge is 0.251 e. The lowest BCUT2D eigenvalue weighted by Crippen LogP contribution is -2.25. The minimum absolute atomic E-state index is 0.0397. The first kappa shape index (κ1) is 16.3. The van der Waals surface area contributed by atoms with Gasteiger partial charge in [-0.3, -0.25) is 9.48 Å². The minimum atomic E-state index is -0.0397. The second-order valence-electron chi connectivity index (χ2n) is 6.45. The number of carbonyl (C=O) groups is 1. The fourth-order valence-electron chi connectivity index (χ4n) is 3.26. The van der Waals surface area contributed by atoms with E-state index in [0.29, 0.717) is 12.1 Å². The van der Waals surface area contributed by atoms with Gasteiger partial charge in [-0.05, 0) is 35.7 Å². The highest BCUT2D eigenvalue weighted by atomic mass is 16.1. The van der Waals surface area contributed by atoms with Gasteiger partial charge in [0.1, 0.15) is 0 Å². The fraction of sp³-hybridized carbons (Fsp3) is 0.250. The van der Waals surface area contributed by atoms with E-state index in [1.807, 2.05) is 24.4 Å². The molecule has 6 heteroatoms. The number of nitrogens with zero attached hydrogens (tertiary/aromatic N) is 4. The quantitative estimate of drug-likeness (QED) is 0.696. The largest absolute Gasteiger partial charge is 0.363 e. The predicted molar refractivity (Wildman–Crippen MR) is 99.7 cm³/mol. The number of hydrogen-bond acceptors (Lipinski definition) is 4. The van der Waals surface area contributed by atoms with Gasteiger partial charge in [0.25, 0.3) is 5.91 Å². The van der Waals surface area contributed by atoms with E-state index in [0.717, 1.165) is 31.7 Å². The second kappa shape index (κ2) is 7.39. The molecule has 0 spiro atoms. The molecule has 1 N–H and O–H groups in total. The molecule has 3 aromatic rings. The van der Waals surface area contributed by atoms with Crippen molar-refractivity contribution >= 4 is 11.6 Å². The van der Waals surface area contributed by atoms with Crippen LogP contribution >= 0.6 is 0 Å². The third-order valence-electron chi connectivity index (χ3n) is 4.64. The zero-order chi connectivity index (χ0) is 17.8. The Morgan fingerprint density at radius 1 is 1.08 bits per heavy atom. The highest BCUT2D eigenvalue weighted by molar-refractivity contribution is 5.95. The number of aryl methyl sites for hydroxylation is 1. The normalized spacial score (nSPS) is 12.8. The van der Waals surface area contributed by atoms with Gasteiger partial charge in [0, 0.05) is 43.6 Å². The van der Waals surface area contributed by atoms with E-state index in [1.165, 1.54) is 11.1 Å². The van der Waals surface area contributed by atoms with Crippen LogP contribution in [0.3, 0.4) is 0 Å². The van der Waals surface area contributed by atoms with Gasteiger partial charge in [-0.15, -0.1) is 5.10 Å². The maximum absolute atomic E-state index is 12.4. The number of anilines is 1. The van der Waals surface area contributed by atoms with Gasteiger partial charge in [-0.1, -0.05) is 35.5 Å². The molecule has 132 valence electrons. The summed E-state index contributed by atoms with van der Waals surface area (Å²) in [5.41, 5.74) is 4.49. The van der Waals surface area contributed by atoms with Gasteiger partial charge in [0.15, 0.2) is 0 Å². The number of carbonyl (C=O) groups excluding carboxylic acids is 1. The molecule has 0 atom stereocenters. The number of hydrogen-bond donors (Lipinski definition) is 1. The van der Waals surface area contributed by atoms with Crippen molar-refractivity contribution in [2.45, 2.75) is 26.1 Å². The van der Waals surface area contributed by atoms with Crippen molar-refractivity contribution in [3.63, 3.8) is 0 Å². The number of nitrogens with one attached hydrogen (secondary N) is 1. The number of fused-ring (bicyclic) bond motifs is 1. The molecule has 0 saturated carbocycles. The first-order chi connectivity index (χ1) is 12.8. The Balaban J connectivity index is 1.34. The highest BCUT2D eigenvalue weighted by Crippen LogP contribution is 2.28. The van der Waals surface area contributed by atoms with Gasteiger partial charge in [-0.25, -0.2) is 0 Å². The van der Waals surface area contributed by atoms with Crippen molar-refractivity contribution in [2.75, 3.05) is 11.4 Å². The van der Waals surface area contributed by atoms with E-state index in [1.54, 1.807) is 10.9 Å². The number of aromatic nitrogens is 3. The van der Waals surface area contributed by atoms with Gasteiger partial charge < -0.3 is 10.2 Å². The summed E-state index contributed by atoms with van der Waals surface area (Å²) in [5, 5.41) is 10.7. The minimum Gasteiger partial charge on any atom is -0.363 e. The molecule has 26 heavy (non-hydrogen) atoms. The zero-order valence-corrected chi connectivity index (χ0v) is 14.5. The van der Waals surface area contributed by atoms with Crippen LogP contribution in [0.2, 0.25) is 0 Å². The third kappa shape index (κ3) is 3.59. The second-order valence-corrected chi connectivity index (χ2v) is 6.45. The Labute approximate surface area is 152 Å². The molecule has 1 amide bonds. The molecule has 1 aliphatic heterocycles. The molecule has 0 bridgehead atoms. The molecular formula is C20H21N5O. The van der Waals surface area contributed by atoms with E-state index in [2.05, 4.69) is 50.9 Å². The lowest BCUT2D eigenvalue weighted by Gasteiger charge is -2.18. The first-order valence-corrected chi connectivity index (χ1v) is 8.84. The topological polar surface area (TPSA) is 63.1 Å². The van der Waals surface area contributed by atoms with Gasteiger partial charge in [-0.2, -0.15) is 0 Å². The molecule has 0 unspecified atom stereocenters. The van der Waals surface area contributed by atoms with Crippen LogP contribution in [-0.4, -0.2) is 27.4 Å². The van der Waals surface area contributed by atoms with E-state index < -0.39 is 0 Å². The van der Waals surface area contributed by atoms with Crippen LogP contribution in [0, 0.1) is 0 Å². The van der Waals surface area contributed by atoms with Crippen molar-refractivity contribution in [3.05, 3.63) is 77.6 Å². The Morgan fingerprint density at radius 3 is 2.62 bits per heavy atom. The van der Waals surface area contributed by atoms with E-state index in [4.69, 9.17) is 0 Å². The van der Waals surface area contributed by atoms with Crippen LogP contribution in [0.1, 0.15) is 27.9 Å². The molecule has 1 aliphatic rings. The molecular weight excluding hydrogens is 326 g/mol. The van der Waals surface area contributed by atoms with E-state index in [-0.39, 0.29) is 5.91 Å². The Hall–Kier alpha value is -3.15. The number of amides is 1. The van der Waals surface area contributed by atoms with Crippen LogP contribution in [0.5, 0.6) is 0 Å². The summed E-state index contributed by atoms with van der Waals surface area (Å²) < 4.78 is 1.76. The van der Waals surface area contributed by atoms with Crippen LogP contribution in [0.25, 0.3) is 0 Å². The monoisotopic (exact) mass is 347 g/mol. The fourth-order valence-corrected chi connectivity index (χ4v) is 3.26.